The standard InChI is InChI=1S/C11H12Cl2N2O/c12-10-2-1-8(5-11(10)13)15-4-3-14-6-9(16)7-15/h1-2,5,14H,3-4,6-7H2. The number of rotatable bonds is 1. The molecule has 3 nitrogen and oxygen atoms in total. The lowest BCUT2D eigenvalue weighted by molar-refractivity contribution is -0.116. The van der Waals surface area contributed by atoms with Gasteiger partial charge in [-0.1, -0.05) is 23.2 Å². The molecule has 0 aromatic heterocycles. The number of hydrogen-bond donors (Lipinski definition) is 1. The molecule has 1 aliphatic heterocycles. The molecule has 1 heterocycles. The van der Waals surface area contributed by atoms with Gasteiger partial charge in [0.05, 0.1) is 23.1 Å². The second-order valence-corrected chi connectivity index (χ2v) is 4.55. The first kappa shape index (κ1) is 11.7. The minimum absolute atomic E-state index is 0.184. The van der Waals surface area contributed by atoms with Crippen molar-refractivity contribution in [3.63, 3.8) is 0 Å². The molecule has 1 fully saturated rings. The molecule has 5 heteroatoms. The van der Waals surface area contributed by atoms with E-state index in [2.05, 4.69) is 5.32 Å². The summed E-state index contributed by atoms with van der Waals surface area (Å²) in [7, 11) is 0. The van der Waals surface area contributed by atoms with Crippen molar-refractivity contribution >= 4 is 34.7 Å². The van der Waals surface area contributed by atoms with E-state index in [4.69, 9.17) is 23.2 Å². The van der Waals surface area contributed by atoms with E-state index in [1.807, 2.05) is 11.0 Å². The van der Waals surface area contributed by atoms with E-state index in [9.17, 15) is 4.79 Å². The van der Waals surface area contributed by atoms with E-state index in [0.717, 1.165) is 18.8 Å². The third-order valence-corrected chi connectivity index (χ3v) is 3.26. The van der Waals surface area contributed by atoms with Gasteiger partial charge in [0, 0.05) is 18.8 Å². The number of Topliss-reactive ketones (excluding diaryl/α,β-unsaturated/α-hetero) is 1. The summed E-state index contributed by atoms with van der Waals surface area (Å²) in [5.74, 6) is 0.184. The number of anilines is 1. The van der Waals surface area contributed by atoms with E-state index in [0.29, 0.717) is 23.1 Å². The number of nitrogens with one attached hydrogen (secondary N) is 1. The molecule has 2 rings (SSSR count). The molecule has 1 N–H and O–H groups in total. The van der Waals surface area contributed by atoms with Crippen LogP contribution < -0.4 is 10.2 Å². The van der Waals surface area contributed by atoms with Crippen LogP contribution in [0.25, 0.3) is 0 Å². The molecular formula is C11H12Cl2N2O. The summed E-state index contributed by atoms with van der Waals surface area (Å²) in [6, 6.07) is 5.43. The van der Waals surface area contributed by atoms with Gasteiger partial charge in [-0.15, -0.1) is 0 Å². The van der Waals surface area contributed by atoms with Crippen LogP contribution in [0.15, 0.2) is 18.2 Å². The van der Waals surface area contributed by atoms with Crippen LogP contribution in [0.2, 0.25) is 10.0 Å². The van der Waals surface area contributed by atoms with Crippen molar-refractivity contribution in [2.24, 2.45) is 0 Å². The number of nitrogens with zero attached hydrogens (tertiary/aromatic N) is 1. The maximum absolute atomic E-state index is 11.5. The number of ketones is 1. The summed E-state index contributed by atoms with van der Waals surface area (Å²) in [4.78, 5) is 13.5. The van der Waals surface area contributed by atoms with Crippen molar-refractivity contribution in [1.29, 1.82) is 0 Å². The van der Waals surface area contributed by atoms with Crippen molar-refractivity contribution in [1.82, 2.24) is 5.32 Å². The van der Waals surface area contributed by atoms with Crippen molar-refractivity contribution in [3.05, 3.63) is 28.2 Å². The average Bonchev–Trinajstić information content (AvgIpc) is 2.47. The van der Waals surface area contributed by atoms with Crippen LogP contribution in [0.4, 0.5) is 5.69 Å². The third kappa shape index (κ3) is 2.67. The Kier molecular flexibility index (Phi) is 3.69. The number of benzene rings is 1. The number of hydrogen-bond acceptors (Lipinski definition) is 3. The van der Waals surface area contributed by atoms with Gasteiger partial charge in [0.15, 0.2) is 5.78 Å². The molecule has 0 bridgehead atoms. The molecule has 0 atom stereocenters. The zero-order valence-corrected chi connectivity index (χ0v) is 10.2. The van der Waals surface area contributed by atoms with Crippen molar-refractivity contribution in [2.75, 3.05) is 31.1 Å². The van der Waals surface area contributed by atoms with Crippen LogP contribution >= 0.6 is 23.2 Å². The Hall–Kier alpha value is -0.770. The first-order chi connectivity index (χ1) is 7.66. The van der Waals surface area contributed by atoms with Gasteiger partial charge in [-0.2, -0.15) is 0 Å². The largest absolute Gasteiger partial charge is 0.363 e. The van der Waals surface area contributed by atoms with E-state index in [1.165, 1.54) is 0 Å². The lowest BCUT2D eigenvalue weighted by Gasteiger charge is -2.21. The molecule has 1 aromatic rings. The molecule has 0 spiro atoms. The van der Waals surface area contributed by atoms with Crippen LogP contribution in [-0.2, 0) is 4.79 Å². The Morgan fingerprint density at radius 2 is 2.06 bits per heavy atom. The second kappa shape index (κ2) is 5.04. The summed E-state index contributed by atoms with van der Waals surface area (Å²) in [5.41, 5.74) is 0.937. The molecule has 0 saturated carbocycles. The van der Waals surface area contributed by atoms with E-state index >= 15 is 0 Å². The molecule has 1 aromatic carbocycles. The Morgan fingerprint density at radius 1 is 1.25 bits per heavy atom. The molecule has 0 radical (unpaired) electrons. The molecule has 86 valence electrons. The van der Waals surface area contributed by atoms with Crippen LogP contribution in [-0.4, -0.2) is 32.0 Å². The van der Waals surface area contributed by atoms with Gasteiger partial charge < -0.3 is 10.2 Å². The van der Waals surface area contributed by atoms with Crippen molar-refractivity contribution in [3.8, 4) is 0 Å². The molecule has 0 aliphatic carbocycles. The van der Waals surface area contributed by atoms with Gasteiger partial charge in [0.2, 0.25) is 0 Å². The monoisotopic (exact) mass is 258 g/mol. The minimum Gasteiger partial charge on any atom is -0.363 e. The lowest BCUT2D eigenvalue weighted by Crippen LogP contribution is -2.29. The topological polar surface area (TPSA) is 32.3 Å². The van der Waals surface area contributed by atoms with E-state index in [-0.39, 0.29) is 5.78 Å². The highest BCUT2D eigenvalue weighted by atomic mass is 35.5. The van der Waals surface area contributed by atoms with Gasteiger partial charge in [-0.05, 0) is 18.2 Å². The van der Waals surface area contributed by atoms with Crippen LogP contribution in [0.5, 0.6) is 0 Å². The highest BCUT2D eigenvalue weighted by molar-refractivity contribution is 6.42. The lowest BCUT2D eigenvalue weighted by atomic mass is 10.2. The van der Waals surface area contributed by atoms with E-state index in [1.54, 1.807) is 12.1 Å². The Labute approximate surface area is 104 Å². The third-order valence-electron chi connectivity index (χ3n) is 2.52. The van der Waals surface area contributed by atoms with E-state index < -0.39 is 0 Å². The van der Waals surface area contributed by atoms with Gasteiger partial charge >= 0.3 is 0 Å². The van der Waals surface area contributed by atoms with Gasteiger partial charge in [-0.3, -0.25) is 4.79 Å². The number of carbonyl (C=O) groups is 1. The Morgan fingerprint density at radius 3 is 2.81 bits per heavy atom. The highest BCUT2D eigenvalue weighted by Gasteiger charge is 2.15. The van der Waals surface area contributed by atoms with Crippen LogP contribution in [0.3, 0.4) is 0 Å². The fraction of sp³-hybridized carbons (Fsp3) is 0.364. The normalized spacial score (nSPS) is 17.4. The average molecular weight is 259 g/mol. The van der Waals surface area contributed by atoms with Gasteiger partial charge in [0.25, 0.3) is 0 Å². The molecule has 0 unspecified atom stereocenters. The maximum Gasteiger partial charge on any atom is 0.165 e. The predicted molar refractivity (Wildman–Crippen MR) is 66.6 cm³/mol. The summed E-state index contributed by atoms with van der Waals surface area (Å²) in [6.45, 7) is 2.46. The smallest absolute Gasteiger partial charge is 0.165 e. The fourth-order valence-corrected chi connectivity index (χ4v) is 1.98. The summed E-state index contributed by atoms with van der Waals surface area (Å²) in [5, 5.41) is 4.12. The predicted octanol–water partition coefficient (Wildman–Crippen LogP) is 1.97. The van der Waals surface area contributed by atoms with Crippen molar-refractivity contribution in [2.45, 2.75) is 0 Å². The quantitative estimate of drug-likeness (QED) is 0.836. The van der Waals surface area contributed by atoms with Gasteiger partial charge in [-0.25, -0.2) is 0 Å². The van der Waals surface area contributed by atoms with Crippen LogP contribution in [0.1, 0.15) is 0 Å². The Balaban J connectivity index is 2.21. The molecular weight excluding hydrogens is 247 g/mol. The molecule has 1 saturated heterocycles. The second-order valence-electron chi connectivity index (χ2n) is 3.74. The zero-order chi connectivity index (χ0) is 11.5. The first-order valence-corrected chi connectivity index (χ1v) is 5.85. The number of carbonyl (C=O) groups excluding carboxylic acids is 1. The summed E-state index contributed by atoms with van der Waals surface area (Å²) in [6.07, 6.45) is 0. The Bertz CT molecular complexity index is 409. The zero-order valence-electron chi connectivity index (χ0n) is 8.67. The van der Waals surface area contributed by atoms with Gasteiger partial charge in [0.1, 0.15) is 0 Å². The maximum atomic E-state index is 11.5. The highest BCUT2D eigenvalue weighted by Crippen LogP contribution is 2.27. The molecule has 1 aliphatic rings. The SMILES string of the molecule is O=C1CNCCN(c2ccc(Cl)c(Cl)c2)C1. The molecule has 16 heavy (non-hydrogen) atoms. The molecule has 0 amide bonds. The summed E-state index contributed by atoms with van der Waals surface area (Å²) >= 11 is 11.8. The minimum atomic E-state index is 0.184. The van der Waals surface area contributed by atoms with Crippen LogP contribution in [0, 0.1) is 0 Å². The fourth-order valence-electron chi connectivity index (χ4n) is 1.69. The summed E-state index contributed by atoms with van der Waals surface area (Å²) < 4.78 is 0. The number of halogens is 2. The first-order valence-electron chi connectivity index (χ1n) is 5.09. The van der Waals surface area contributed by atoms with Crippen molar-refractivity contribution < 1.29 is 4.79 Å².